The predicted octanol–water partition coefficient (Wildman–Crippen LogP) is 5.44. The first-order valence-electron chi connectivity index (χ1n) is 9.44. The molecular weight excluding hydrogens is 314 g/mol. The van der Waals surface area contributed by atoms with E-state index in [-0.39, 0.29) is 11.7 Å². The van der Waals surface area contributed by atoms with Gasteiger partial charge in [0.1, 0.15) is 17.0 Å². The van der Waals surface area contributed by atoms with E-state index < -0.39 is 5.60 Å². The van der Waals surface area contributed by atoms with Gasteiger partial charge in [-0.2, -0.15) is 0 Å². The van der Waals surface area contributed by atoms with Crippen LogP contribution in [-0.4, -0.2) is 35.3 Å². The number of nitrogens with zero attached hydrogens (tertiary/aromatic N) is 1. The van der Waals surface area contributed by atoms with Gasteiger partial charge < -0.3 is 14.4 Å². The second-order valence-electron chi connectivity index (χ2n) is 9.53. The summed E-state index contributed by atoms with van der Waals surface area (Å²) in [5.74, 6) is 0.962. The van der Waals surface area contributed by atoms with Crippen molar-refractivity contribution in [3.63, 3.8) is 0 Å². The number of ether oxygens (including phenoxy) is 2. The Labute approximate surface area is 153 Å². The molecule has 1 saturated carbocycles. The normalized spacial score (nSPS) is 21.0. The summed E-state index contributed by atoms with van der Waals surface area (Å²) in [6.45, 7) is 15.6. The van der Waals surface area contributed by atoms with Gasteiger partial charge in [0.25, 0.3) is 0 Å². The van der Waals surface area contributed by atoms with Crippen molar-refractivity contribution < 1.29 is 14.3 Å². The van der Waals surface area contributed by atoms with Crippen LogP contribution in [0.1, 0.15) is 74.1 Å². The lowest BCUT2D eigenvalue weighted by molar-refractivity contribution is 0.00416. The van der Waals surface area contributed by atoms with Gasteiger partial charge in [-0.05, 0) is 91.7 Å². The highest BCUT2D eigenvalue weighted by atomic mass is 16.6. The van der Waals surface area contributed by atoms with E-state index in [1.807, 2.05) is 38.7 Å². The number of hydrogen-bond donors (Lipinski definition) is 0. The highest BCUT2D eigenvalue weighted by Gasteiger charge is 2.44. The van der Waals surface area contributed by atoms with Gasteiger partial charge >= 0.3 is 6.09 Å². The van der Waals surface area contributed by atoms with E-state index in [1.165, 1.54) is 5.57 Å². The minimum Gasteiger partial charge on any atom is -0.489 e. The van der Waals surface area contributed by atoms with Crippen LogP contribution in [0.25, 0.3) is 0 Å². The minimum atomic E-state index is -0.422. The standard InChI is InChI=1S/C21H35NO3/c1-8-17(24-19(2,3)4)13-16-14-21(15-16)9-11-22(12-10-21)18(23)25-20(5,6)7/h8,13H,9-12,14-15H2,1-7H3/b17-8+. The number of hydrogen-bond acceptors (Lipinski definition) is 3. The fourth-order valence-corrected chi connectivity index (χ4v) is 3.58. The van der Waals surface area contributed by atoms with Gasteiger partial charge in [0.2, 0.25) is 0 Å². The van der Waals surface area contributed by atoms with Crippen LogP contribution in [0.3, 0.4) is 0 Å². The molecule has 2 rings (SSSR count). The molecular formula is C21H35NO3. The number of carbonyl (C=O) groups is 1. The molecule has 0 N–H and O–H groups in total. The molecule has 1 heterocycles. The van der Waals surface area contributed by atoms with Crippen molar-refractivity contribution >= 4 is 6.09 Å². The zero-order chi connectivity index (χ0) is 18.9. The summed E-state index contributed by atoms with van der Waals surface area (Å²) >= 11 is 0. The molecule has 1 aliphatic carbocycles. The number of amides is 1. The number of likely N-dealkylation sites (tertiary alicyclic amines) is 1. The molecule has 1 amide bonds. The summed E-state index contributed by atoms with van der Waals surface area (Å²) in [4.78, 5) is 14.0. The minimum absolute atomic E-state index is 0.168. The molecule has 0 radical (unpaired) electrons. The number of allylic oxidation sites excluding steroid dienone is 3. The van der Waals surface area contributed by atoms with E-state index in [9.17, 15) is 4.79 Å². The average Bonchev–Trinajstić information content (AvgIpc) is 2.42. The fourth-order valence-electron chi connectivity index (χ4n) is 3.58. The van der Waals surface area contributed by atoms with Crippen LogP contribution in [-0.2, 0) is 9.47 Å². The zero-order valence-corrected chi connectivity index (χ0v) is 17.1. The Morgan fingerprint density at radius 2 is 1.52 bits per heavy atom. The lowest BCUT2D eigenvalue weighted by atomic mass is 9.60. The molecule has 1 spiro atoms. The van der Waals surface area contributed by atoms with Crippen molar-refractivity contribution in [2.45, 2.75) is 85.4 Å². The Hall–Kier alpha value is -1.45. The summed E-state index contributed by atoms with van der Waals surface area (Å²) in [6.07, 6.45) is 8.45. The number of piperidine rings is 1. The molecule has 2 aliphatic rings. The summed E-state index contributed by atoms with van der Waals surface area (Å²) in [7, 11) is 0. The van der Waals surface area contributed by atoms with Crippen LogP contribution in [0.15, 0.2) is 23.5 Å². The molecule has 2 fully saturated rings. The second kappa shape index (κ2) is 7.05. The Kier molecular flexibility index (Phi) is 5.60. The highest BCUT2D eigenvalue weighted by Crippen LogP contribution is 2.52. The third-order valence-electron chi connectivity index (χ3n) is 4.73. The Morgan fingerprint density at radius 1 is 1.00 bits per heavy atom. The lowest BCUT2D eigenvalue weighted by Crippen LogP contribution is -2.48. The molecule has 0 bridgehead atoms. The zero-order valence-electron chi connectivity index (χ0n) is 17.1. The summed E-state index contributed by atoms with van der Waals surface area (Å²) < 4.78 is 11.5. The number of carbonyl (C=O) groups excluding carboxylic acids is 1. The van der Waals surface area contributed by atoms with Crippen molar-refractivity contribution in [3.8, 4) is 0 Å². The van der Waals surface area contributed by atoms with Crippen LogP contribution in [0.5, 0.6) is 0 Å². The molecule has 0 atom stereocenters. The van der Waals surface area contributed by atoms with Crippen molar-refractivity contribution in [1.29, 1.82) is 0 Å². The first-order valence-corrected chi connectivity index (χ1v) is 9.44. The Morgan fingerprint density at radius 3 is 1.96 bits per heavy atom. The first-order chi connectivity index (χ1) is 11.4. The molecule has 1 aliphatic heterocycles. The van der Waals surface area contributed by atoms with Gasteiger partial charge in [-0.1, -0.05) is 5.57 Å². The maximum Gasteiger partial charge on any atom is 0.410 e. The highest BCUT2D eigenvalue weighted by molar-refractivity contribution is 5.68. The molecule has 0 unspecified atom stereocenters. The van der Waals surface area contributed by atoms with Gasteiger partial charge in [0.05, 0.1) is 0 Å². The largest absolute Gasteiger partial charge is 0.489 e. The molecule has 0 aromatic carbocycles. The van der Waals surface area contributed by atoms with Crippen molar-refractivity contribution in [2.24, 2.45) is 5.41 Å². The van der Waals surface area contributed by atoms with E-state index in [0.29, 0.717) is 5.41 Å². The summed E-state index contributed by atoms with van der Waals surface area (Å²) in [5, 5.41) is 0. The van der Waals surface area contributed by atoms with Gasteiger partial charge in [-0.15, -0.1) is 0 Å². The van der Waals surface area contributed by atoms with Gasteiger partial charge in [0.15, 0.2) is 0 Å². The summed E-state index contributed by atoms with van der Waals surface area (Å²) in [6, 6.07) is 0. The predicted molar refractivity (Wildman–Crippen MR) is 101 cm³/mol. The molecule has 4 nitrogen and oxygen atoms in total. The smallest absolute Gasteiger partial charge is 0.410 e. The SMILES string of the molecule is C/C=C(\C=C1CC2(CCN(C(=O)OC(C)(C)C)CC2)C1)OC(C)(C)C. The molecule has 0 aromatic heterocycles. The van der Waals surface area contributed by atoms with E-state index in [4.69, 9.17) is 9.47 Å². The maximum atomic E-state index is 12.2. The molecule has 25 heavy (non-hydrogen) atoms. The monoisotopic (exact) mass is 349 g/mol. The second-order valence-corrected chi connectivity index (χ2v) is 9.53. The van der Waals surface area contributed by atoms with Gasteiger partial charge in [0, 0.05) is 13.1 Å². The Balaban J connectivity index is 1.85. The summed E-state index contributed by atoms with van der Waals surface area (Å²) in [5.41, 5.74) is 1.25. The third kappa shape index (κ3) is 5.79. The van der Waals surface area contributed by atoms with Crippen LogP contribution >= 0.6 is 0 Å². The topological polar surface area (TPSA) is 38.8 Å². The van der Waals surface area contributed by atoms with E-state index in [0.717, 1.165) is 44.5 Å². The quantitative estimate of drug-likeness (QED) is 0.623. The van der Waals surface area contributed by atoms with Crippen LogP contribution in [0.2, 0.25) is 0 Å². The van der Waals surface area contributed by atoms with E-state index in [2.05, 4.69) is 26.8 Å². The molecule has 142 valence electrons. The van der Waals surface area contributed by atoms with E-state index >= 15 is 0 Å². The Bertz CT molecular complexity index is 543. The van der Waals surface area contributed by atoms with Crippen molar-refractivity contribution in [1.82, 2.24) is 4.90 Å². The molecule has 4 heteroatoms. The van der Waals surface area contributed by atoms with Crippen LogP contribution < -0.4 is 0 Å². The van der Waals surface area contributed by atoms with Crippen molar-refractivity contribution in [2.75, 3.05) is 13.1 Å². The maximum absolute atomic E-state index is 12.2. The number of rotatable bonds is 2. The molecule has 0 aromatic rings. The van der Waals surface area contributed by atoms with Crippen LogP contribution in [0.4, 0.5) is 4.79 Å². The van der Waals surface area contributed by atoms with Gasteiger partial charge in [-0.3, -0.25) is 0 Å². The first kappa shape index (κ1) is 19.9. The van der Waals surface area contributed by atoms with Crippen LogP contribution in [0, 0.1) is 5.41 Å². The average molecular weight is 350 g/mol. The fraction of sp³-hybridized carbons (Fsp3) is 0.762. The van der Waals surface area contributed by atoms with Crippen molar-refractivity contribution in [3.05, 3.63) is 23.5 Å². The lowest BCUT2D eigenvalue weighted by Gasteiger charge is -2.49. The van der Waals surface area contributed by atoms with Gasteiger partial charge in [-0.25, -0.2) is 4.79 Å². The van der Waals surface area contributed by atoms with E-state index in [1.54, 1.807) is 0 Å². The molecule has 1 saturated heterocycles. The third-order valence-corrected chi connectivity index (χ3v) is 4.73.